The number of aliphatic hydroxyl groups excluding tert-OH is 2. The molecule has 3 heteroatoms. The fraction of sp³-hybridized carbons (Fsp3) is 0.636. The molecule has 0 saturated carbocycles. The molecule has 0 aliphatic heterocycles. The molecule has 0 aromatic rings. The van der Waals surface area contributed by atoms with Gasteiger partial charge >= 0.3 is 0 Å². The number of terminal acetylenes is 1. The Morgan fingerprint density at radius 3 is 2.29 bits per heavy atom. The van der Waals surface area contributed by atoms with E-state index in [-0.39, 0.29) is 6.61 Å². The molecule has 1 unspecified atom stereocenters. The number of rotatable bonds is 5. The fourth-order valence-electron chi connectivity index (χ4n) is 0.417. The highest BCUT2D eigenvalue weighted by Gasteiger charge is 1.97. The molecule has 0 radical (unpaired) electrons. The summed E-state index contributed by atoms with van der Waals surface area (Å²) in [4.78, 5) is 0. The number of hydrogen-bond acceptors (Lipinski definition) is 3. The van der Waals surface area contributed by atoms with Gasteiger partial charge in [-0.1, -0.05) is 19.9 Å². The Morgan fingerprint density at radius 1 is 1.57 bits per heavy atom. The Labute approximate surface area is 87.8 Å². The number of hydrogen-bond donors (Lipinski definition) is 3. The van der Waals surface area contributed by atoms with Crippen molar-refractivity contribution in [3.05, 3.63) is 12.7 Å². The van der Waals surface area contributed by atoms with E-state index in [0.29, 0.717) is 13.1 Å². The van der Waals surface area contributed by atoms with Gasteiger partial charge in [0.1, 0.15) is 0 Å². The molecule has 0 aromatic heterocycles. The zero-order chi connectivity index (χ0) is 11.8. The molecule has 3 N–H and O–H groups in total. The van der Waals surface area contributed by atoms with Crippen LogP contribution in [0.4, 0.5) is 0 Å². The molecule has 0 aliphatic carbocycles. The summed E-state index contributed by atoms with van der Waals surface area (Å²) >= 11 is 0. The first-order chi connectivity index (χ1) is 6.72. The second-order valence-corrected chi connectivity index (χ2v) is 2.07. The highest BCUT2D eigenvalue weighted by molar-refractivity contribution is 4.73. The summed E-state index contributed by atoms with van der Waals surface area (Å²) in [6, 6.07) is 0. The van der Waals surface area contributed by atoms with E-state index in [1.807, 2.05) is 13.8 Å². The quantitative estimate of drug-likeness (QED) is 0.350. The zero-order valence-electron chi connectivity index (χ0n) is 9.45. The van der Waals surface area contributed by atoms with Crippen LogP contribution in [-0.4, -0.2) is 36.0 Å². The van der Waals surface area contributed by atoms with Crippen LogP contribution in [0.1, 0.15) is 20.8 Å². The van der Waals surface area contributed by atoms with Crippen molar-refractivity contribution in [3.8, 4) is 12.3 Å². The molecular weight excluding hydrogens is 178 g/mol. The normalized spacial score (nSPS) is 9.43. The van der Waals surface area contributed by atoms with Gasteiger partial charge in [0, 0.05) is 13.1 Å². The summed E-state index contributed by atoms with van der Waals surface area (Å²) in [6.07, 6.45) is 5.65. The second-order valence-electron chi connectivity index (χ2n) is 2.07. The van der Waals surface area contributed by atoms with Gasteiger partial charge in [-0.15, -0.1) is 18.9 Å². The topological polar surface area (TPSA) is 52.5 Å². The molecule has 0 bridgehead atoms. The van der Waals surface area contributed by atoms with Crippen molar-refractivity contribution >= 4 is 0 Å². The molecule has 0 heterocycles. The molecule has 0 fully saturated rings. The Kier molecular flexibility index (Phi) is 30.7. The summed E-state index contributed by atoms with van der Waals surface area (Å²) in [5, 5.41) is 19.9. The van der Waals surface area contributed by atoms with Crippen LogP contribution in [0.25, 0.3) is 0 Å². The van der Waals surface area contributed by atoms with Crippen molar-refractivity contribution in [1.82, 2.24) is 5.32 Å². The average molecular weight is 201 g/mol. The lowest BCUT2D eigenvalue weighted by atomic mass is 10.4. The molecule has 0 amide bonds. The maximum absolute atomic E-state index is 8.74. The third kappa shape index (κ3) is 30.3. The van der Waals surface area contributed by atoms with Crippen LogP contribution < -0.4 is 5.32 Å². The highest BCUT2D eigenvalue weighted by atomic mass is 16.3. The molecule has 0 saturated heterocycles. The third-order valence-corrected chi connectivity index (χ3v) is 0.879. The third-order valence-electron chi connectivity index (χ3n) is 0.879. The largest absolute Gasteiger partial charge is 0.394 e. The molecule has 0 rings (SSSR count). The van der Waals surface area contributed by atoms with Gasteiger partial charge in [0.2, 0.25) is 0 Å². The van der Waals surface area contributed by atoms with Crippen LogP contribution in [0.2, 0.25) is 0 Å². The maximum atomic E-state index is 8.74. The van der Waals surface area contributed by atoms with Crippen LogP contribution in [0.3, 0.4) is 0 Å². The van der Waals surface area contributed by atoms with Gasteiger partial charge in [-0.3, -0.25) is 0 Å². The minimum absolute atomic E-state index is 0.190. The summed E-state index contributed by atoms with van der Waals surface area (Å²) < 4.78 is 0. The molecule has 0 aromatic carbocycles. The first-order valence-electron chi connectivity index (χ1n) is 4.70. The number of aliphatic hydroxyl groups is 2. The molecular formula is C11H23NO2. The van der Waals surface area contributed by atoms with E-state index in [0.717, 1.165) is 0 Å². The van der Waals surface area contributed by atoms with Gasteiger partial charge in [0.05, 0.1) is 12.7 Å². The minimum Gasteiger partial charge on any atom is -0.394 e. The predicted octanol–water partition coefficient (Wildman–Crippen LogP) is 0.781. The fourth-order valence-corrected chi connectivity index (χ4v) is 0.417. The lowest BCUT2D eigenvalue weighted by Crippen LogP contribution is -2.29. The van der Waals surface area contributed by atoms with E-state index in [1.54, 1.807) is 13.0 Å². The van der Waals surface area contributed by atoms with Crippen LogP contribution in [-0.2, 0) is 0 Å². The minimum atomic E-state index is -0.648. The maximum Gasteiger partial charge on any atom is 0.0895 e. The Hall–Kier alpha value is -0.820. The smallest absolute Gasteiger partial charge is 0.0895 e. The van der Waals surface area contributed by atoms with Crippen molar-refractivity contribution in [2.24, 2.45) is 0 Å². The van der Waals surface area contributed by atoms with E-state index in [2.05, 4.69) is 24.2 Å². The predicted molar refractivity (Wildman–Crippen MR) is 62.0 cm³/mol. The van der Waals surface area contributed by atoms with Crippen molar-refractivity contribution in [3.63, 3.8) is 0 Å². The van der Waals surface area contributed by atoms with Crippen LogP contribution in [0.15, 0.2) is 12.7 Å². The Morgan fingerprint density at radius 2 is 2.00 bits per heavy atom. The van der Waals surface area contributed by atoms with Gasteiger partial charge in [-0.25, -0.2) is 0 Å². The first-order valence-corrected chi connectivity index (χ1v) is 4.70. The zero-order valence-corrected chi connectivity index (χ0v) is 9.45. The van der Waals surface area contributed by atoms with Crippen molar-refractivity contribution in [2.75, 3.05) is 19.7 Å². The van der Waals surface area contributed by atoms with Gasteiger partial charge in [-0.05, 0) is 6.92 Å². The van der Waals surface area contributed by atoms with Crippen molar-refractivity contribution in [1.29, 1.82) is 0 Å². The molecule has 0 spiro atoms. The lowest BCUT2D eigenvalue weighted by Gasteiger charge is -2.05. The van der Waals surface area contributed by atoms with E-state index in [4.69, 9.17) is 10.2 Å². The van der Waals surface area contributed by atoms with Crippen LogP contribution >= 0.6 is 0 Å². The van der Waals surface area contributed by atoms with Crippen molar-refractivity contribution < 1.29 is 10.2 Å². The standard InChI is InChI=1S/C6H13NO2.C3H4.C2H6/c1-2-3-7-4-6(9)5-8;1-3-2;1-2/h2,6-9H,1,3-5H2;1H,2H3;1-2H3. The lowest BCUT2D eigenvalue weighted by molar-refractivity contribution is 0.0953. The summed E-state index contributed by atoms with van der Waals surface area (Å²) in [6.45, 7) is 10.0. The van der Waals surface area contributed by atoms with E-state index in [1.165, 1.54) is 0 Å². The molecule has 1 atom stereocenters. The van der Waals surface area contributed by atoms with Gasteiger partial charge < -0.3 is 15.5 Å². The highest BCUT2D eigenvalue weighted by Crippen LogP contribution is 1.74. The molecule has 14 heavy (non-hydrogen) atoms. The summed E-state index contributed by atoms with van der Waals surface area (Å²) in [5.74, 6) is 2.25. The second kappa shape index (κ2) is 22.8. The van der Waals surface area contributed by atoms with E-state index in [9.17, 15) is 0 Å². The van der Waals surface area contributed by atoms with Crippen molar-refractivity contribution in [2.45, 2.75) is 26.9 Å². The Bertz CT molecular complexity index is 130. The monoisotopic (exact) mass is 201 g/mol. The van der Waals surface area contributed by atoms with Gasteiger partial charge in [-0.2, -0.15) is 0 Å². The van der Waals surface area contributed by atoms with E-state index < -0.39 is 6.10 Å². The molecule has 3 nitrogen and oxygen atoms in total. The number of nitrogens with one attached hydrogen (secondary N) is 1. The summed E-state index contributed by atoms with van der Waals surface area (Å²) in [5.41, 5.74) is 0. The van der Waals surface area contributed by atoms with Crippen LogP contribution in [0, 0.1) is 12.3 Å². The van der Waals surface area contributed by atoms with Crippen LogP contribution in [0.5, 0.6) is 0 Å². The first kappa shape index (κ1) is 18.9. The SMILES string of the molecule is C#CC.C=CCNCC(O)CO.CC. The summed E-state index contributed by atoms with van der Waals surface area (Å²) in [7, 11) is 0. The molecule has 0 aliphatic rings. The Balaban J connectivity index is -0.000000205. The average Bonchev–Trinajstić information content (AvgIpc) is 2.22. The van der Waals surface area contributed by atoms with Gasteiger partial charge in [0.25, 0.3) is 0 Å². The van der Waals surface area contributed by atoms with Gasteiger partial charge in [0.15, 0.2) is 0 Å². The van der Waals surface area contributed by atoms with E-state index >= 15 is 0 Å². The molecule has 84 valence electrons.